The number of nitrogens with two attached hydrogens (primary N) is 1. The number of anilines is 3. The Kier molecular flexibility index (Phi) is 3.90. The van der Waals surface area contributed by atoms with Crippen LogP contribution in [0.25, 0.3) is 0 Å². The highest BCUT2D eigenvalue weighted by atomic mass is 35.5. The summed E-state index contributed by atoms with van der Waals surface area (Å²) < 4.78 is 0. The first kappa shape index (κ1) is 13.6. The summed E-state index contributed by atoms with van der Waals surface area (Å²) in [5.74, 6) is 0.658. The lowest BCUT2D eigenvalue weighted by Gasteiger charge is -2.24. The van der Waals surface area contributed by atoms with Crippen molar-refractivity contribution in [3.05, 3.63) is 40.8 Å². The van der Waals surface area contributed by atoms with Crippen LogP contribution in [0.4, 0.5) is 17.2 Å². The summed E-state index contributed by atoms with van der Waals surface area (Å²) in [6, 6.07) is 8.19. The maximum Gasteiger partial charge on any atom is 0.224 e. The molecular formula is C14H17ClN4. The van der Waals surface area contributed by atoms with E-state index >= 15 is 0 Å². The van der Waals surface area contributed by atoms with Gasteiger partial charge in [-0.1, -0.05) is 12.1 Å². The van der Waals surface area contributed by atoms with Crippen molar-refractivity contribution >= 4 is 28.8 Å². The maximum atomic E-state index is 6.08. The third kappa shape index (κ3) is 2.79. The van der Waals surface area contributed by atoms with Gasteiger partial charge < -0.3 is 10.6 Å². The average molecular weight is 277 g/mol. The molecule has 0 radical (unpaired) electrons. The van der Waals surface area contributed by atoms with Crippen LogP contribution in [-0.2, 0) is 0 Å². The number of aryl methyl sites for hydroxylation is 2. The summed E-state index contributed by atoms with van der Waals surface area (Å²) in [6.45, 7) is 6.68. The number of benzene rings is 1. The second-order valence-corrected chi connectivity index (χ2v) is 4.74. The lowest BCUT2D eigenvalue weighted by Crippen LogP contribution is -2.20. The topological polar surface area (TPSA) is 55.0 Å². The molecule has 0 aliphatic carbocycles. The highest BCUT2D eigenvalue weighted by Crippen LogP contribution is 2.30. The summed E-state index contributed by atoms with van der Waals surface area (Å²) >= 11 is 5.94. The Morgan fingerprint density at radius 2 is 2.00 bits per heavy atom. The number of aromatic nitrogens is 2. The van der Waals surface area contributed by atoms with Crippen molar-refractivity contribution in [2.24, 2.45) is 0 Å². The minimum Gasteiger partial charge on any atom is -0.394 e. The van der Waals surface area contributed by atoms with Gasteiger partial charge in [-0.05, 0) is 50.1 Å². The van der Waals surface area contributed by atoms with Gasteiger partial charge in [-0.3, -0.25) is 0 Å². The second-order valence-electron chi connectivity index (χ2n) is 4.40. The monoisotopic (exact) mass is 276 g/mol. The Morgan fingerprint density at radius 3 is 2.63 bits per heavy atom. The fourth-order valence-electron chi connectivity index (χ4n) is 1.99. The first-order valence-corrected chi connectivity index (χ1v) is 6.54. The van der Waals surface area contributed by atoms with Crippen LogP contribution < -0.4 is 10.6 Å². The summed E-state index contributed by atoms with van der Waals surface area (Å²) in [4.78, 5) is 10.4. The molecule has 0 aliphatic rings. The molecular weight excluding hydrogens is 260 g/mol. The van der Waals surface area contributed by atoms with Gasteiger partial charge in [0.1, 0.15) is 0 Å². The van der Waals surface area contributed by atoms with Gasteiger partial charge in [0.25, 0.3) is 0 Å². The minimum atomic E-state index is 0.216. The third-order valence-electron chi connectivity index (χ3n) is 2.97. The smallest absolute Gasteiger partial charge is 0.224 e. The SMILES string of the molecule is CCN(c1cccc(C)c1)c1nc(Cl)nc(C)c1N. The molecule has 1 aromatic heterocycles. The van der Waals surface area contributed by atoms with Gasteiger partial charge in [-0.25, -0.2) is 4.98 Å². The summed E-state index contributed by atoms with van der Waals surface area (Å²) in [5.41, 5.74) is 9.57. The van der Waals surface area contributed by atoms with Gasteiger partial charge in [0.2, 0.25) is 5.28 Å². The summed E-state index contributed by atoms with van der Waals surface area (Å²) in [6.07, 6.45) is 0. The zero-order valence-corrected chi connectivity index (χ0v) is 12.1. The molecule has 0 atom stereocenters. The molecule has 0 spiro atoms. The summed E-state index contributed by atoms with van der Waals surface area (Å²) in [5, 5.41) is 0.216. The molecule has 4 nitrogen and oxygen atoms in total. The Hall–Kier alpha value is -1.81. The molecule has 0 aliphatic heterocycles. The van der Waals surface area contributed by atoms with Gasteiger partial charge in [0, 0.05) is 12.2 Å². The Morgan fingerprint density at radius 1 is 1.26 bits per heavy atom. The van der Waals surface area contributed by atoms with Crippen molar-refractivity contribution in [2.75, 3.05) is 17.2 Å². The molecule has 0 unspecified atom stereocenters. The van der Waals surface area contributed by atoms with E-state index in [-0.39, 0.29) is 5.28 Å². The van der Waals surface area contributed by atoms with Gasteiger partial charge >= 0.3 is 0 Å². The predicted molar refractivity (Wildman–Crippen MR) is 80.1 cm³/mol. The molecule has 0 amide bonds. The highest BCUT2D eigenvalue weighted by Gasteiger charge is 2.15. The van der Waals surface area contributed by atoms with E-state index in [2.05, 4.69) is 29.0 Å². The number of hydrogen-bond acceptors (Lipinski definition) is 4. The van der Waals surface area contributed by atoms with Crippen LogP contribution in [0.5, 0.6) is 0 Å². The minimum absolute atomic E-state index is 0.216. The zero-order valence-electron chi connectivity index (χ0n) is 11.3. The lowest BCUT2D eigenvalue weighted by atomic mass is 10.2. The Labute approximate surface area is 118 Å². The van der Waals surface area contributed by atoms with E-state index in [4.69, 9.17) is 17.3 Å². The van der Waals surface area contributed by atoms with Crippen LogP contribution in [0.1, 0.15) is 18.2 Å². The number of nitrogens with zero attached hydrogens (tertiary/aromatic N) is 3. The molecule has 100 valence electrons. The summed E-state index contributed by atoms with van der Waals surface area (Å²) in [7, 11) is 0. The molecule has 0 saturated heterocycles. The van der Waals surface area contributed by atoms with E-state index in [0.29, 0.717) is 17.2 Å². The number of rotatable bonds is 3. The molecule has 5 heteroatoms. The van der Waals surface area contributed by atoms with Gasteiger partial charge in [-0.15, -0.1) is 0 Å². The van der Waals surface area contributed by atoms with Crippen molar-refractivity contribution in [1.29, 1.82) is 0 Å². The molecule has 0 bridgehead atoms. The van der Waals surface area contributed by atoms with E-state index in [1.165, 1.54) is 5.56 Å². The fraction of sp³-hybridized carbons (Fsp3) is 0.286. The highest BCUT2D eigenvalue weighted by molar-refractivity contribution is 6.28. The van der Waals surface area contributed by atoms with E-state index in [1.807, 2.05) is 30.9 Å². The molecule has 1 aromatic carbocycles. The quantitative estimate of drug-likeness (QED) is 0.872. The number of hydrogen-bond donors (Lipinski definition) is 1. The van der Waals surface area contributed by atoms with E-state index < -0.39 is 0 Å². The van der Waals surface area contributed by atoms with E-state index in [9.17, 15) is 0 Å². The molecule has 2 rings (SSSR count). The Balaban J connectivity index is 2.54. The van der Waals surface area contributed by atoms with Crippen LogP contribution in [0.2, 0.25) is 5.28 Å². The number of halogens is 1. The van der Waals surface area contributed by atoms with Gasteiger partial charge in [0.15, 0.2) is 5.82 Å². The molecule has 2 aromatic rings. The third-order valence-corrected chi connectivity index (χ3v) is 3.14. The zero-order chi connectivity index (χ0) is 14.0. The lowest BCUT2D eigenvalue weighted by molar-refractivity contribution is 0.969. The van der Waals surface area contributed by atoms with Gasteiger partial charge in [0.05, 0.1) is 11.4 Å². The van der Waals surface area contributed by atoms with Crippen LogP contribution in [0.15, 0.2) is 24.3 Å². The molecule has 19 heavy (non-hydrogen) atoms. The van der Waals surface area contributed by atoms with Crippen molar-refractivity contribution in [3.63, 3.8) is 0 Å². The molecule has 2 N–H and O–H groups in total. The maximum absolute atomic E-state index is 6.08. The van der Waals surface area contributed by atoms with Crippen LogP contribution in [0, 0.1) is 13.8 Å². The molecule has 1 heterocycles. The molecule has 0 fully saturated rings. The normalized spacial score (nSPS) is 10.5. The second kappa shape index (κ2) is 5.45. The van der Waals surface area contributed by atoms with E-state index in [0.717, 1.165) is 12.2 Å². The van der Waals surface area contributed by atoms with Crippen molar-refractivity contribution < 1.29 is 0 Å². The largest absolute Gasteiger partial charge is 0.394 e. The standard InChI is InChI=1S/C14H17ClN4/c1-4-19(11-7-5-6-9(2)8-11)13-12(16)10(3)17-14(15)18-13/h5-8H,4,16H2,1-3H3. The van der Waals surface area contributed by atoms with Crippen molar-refractivity contribution in [2.45, 2.75) is 20.8 Å². The Bertz CT molecular complexity index is 598. The predicted octanol–water partition coefficient (Wildman–Crippen LogP) is 3.49. The van der Waals surface area contributed by atoms with Gasteiger partial charge in [-0.2, -0.15) is 4.98 Å². The molecule has 0 saturated carbocycles. The first-order chi connectivity index (χ1) is 9.02. The van der Waals surface area contributed by atoms with E-state index in [1.54, 1.807) is 0 Å². The number of nitrogen functional groups attached to an aromatic ring is 1. The van der Waals surface area contributed by atoms with Crippen LogP contribution in [-0.4, -0.2) is 16.5 Å². The van der Waals surface area contributed by atoms with Crippen LogP contribution in [0.3, 0.4) is 0 Å². The van der Waals surface area contributed by atoms with Crippen molar-refractivity contribution in [1.82, 2.24) is 9.97 Å². The fourth-order valence-corrected chi connectivity index (χ4v) is 2.20. The van der Waals surface area contributed by atoms with Crippen LogP contribution >= 0.6 is 11.6 Å². The van der Waals surface area contributed by atoms with Crippen molar-refractivity contribution in [3.8, 4) is 0 Å². The average Bonchev–Trinajstić information content (AvgIpc) is 2.36. The first-order valence-electron chi connectivity index (χ1n) is 6.16.